The summed E-state index contributed by atoms with van der Waals surface area (Å²) in [6.07, 6.45) is 0. The first-order valence-electron chi connectivity index (χ1n) is 6.64. The number of alkyl halides is 2. The van der Waals surface area contributed by atoms with E-state index in [1.807, 2.05) is 0 Å². The molecule has 0 spiro atoms. The maximum absolute atomic E-state index is 12.3. The SMILES string of the molecule is COc1cc(C(=O)OCc2c(C)noc2C)ccc1OC(F)F. The third kappa shape index (κ3) is 3.97. The second-order valence-electron chi connectivity index (χ2n) is 4.62. The summed E-state index contributed by atoms with van der Waals surface area (Å²) in [6.45, 7) is 0.459. The average molecular weight is 327 g/mol. The molecule has 1 aromatic carbocycles. The number of methoxy groups -OCH3 is 1. The predicted octanol–water partition coefficient (Wildman–Crippen LogP) is 3.26. The first kappa shape index (κ1) is 16.7. The molecule has 0 N–H and O–H groups in total. The Kier molecular flexibility index (Phi) is 5.15. The van der Waals surface area contributed by atoms with E-state index >= 15 is 0 Å². The Morgan fingerprint density at radius 3 is 2.61 bits per heavy atom. The Bertz CT molecular complexity index is 680. The highest BCUT2D eigenvalue weighted by Gasteiger charge is 2.16. The molecule has 0 unspecified atom stereocenters. The Labute approximate surface area is 130 Å². The number of carbonyl (C=O) groups is 1. The fraction of sp³-hybridized carbons (Fsp3) is 0.333. The zero-order valence-electron chi connectivity index (χ0n) is 12.8. The number of nitrogens with zero attached hydrogens (tertiary/aromatic N) is 1. The number of aromatic nitrogens is 1. The number of halogens is 2. The minimum absolute atomic E-state index is 0.00238. The van der Waals surface area contributed by atoms with Crippen molar-refractivity contribution in [2.45, 2.75) is 27.1 Å². The smallest absolute Gasteiger partial charge is 0.387 e. The molecule has 124 valence electrons. The van der Waals surface area contributed by atoms with Gasteiger partial charge in [0.2, 0.25) is 0 Å². The summed E-state index contributed by atoms with van der Waals surface area (Å²) >= 11 is 0. The van der Waals surface area contributed by atoms with Crippen LogP contribution in [0.4, 0.5) is 8.78 Å². The van der Waals surface area contributed by atoms with Crippen molar-refractivity contribution in [2.75, 3.05) is 7.11 Å². The van der Waals surface area contributed by atoms with Gasteiger partial charge < -0.3 is 18.7 Å². The lowest BCUT2D eigenvalue weighted by Crippen LogP contribution is -2.08. The largest absolute Gasteiger partial charge is 0.493 e. The van der Waals surface area contributed by atoms with E-state index in [2.05, 4.69) is 9.89 Å². The number of esters is 1. The minimum Gasteiger partial charge on any atom is -0.493 e. The lowest BCUT2D eigenvalue weighted by atomic mass is 10.2. The molecule has 6 nitrogen and oxygen atoms in total. The van der Waals surface area contributed by atoms with Gasteiger partial charge in [-0.2, -0.15) is 8.78 Å². The van der Waals surface area contributed by atoms with Crippen LogP contribution in [0.3, 0.4) is 0 Å². The molecule has 0 amide bonds. The zero-order chi connectivity index (χ0) is 17.0. The first-order valence-corrected chi connectivity index (χ1v) is 6.64. The van der Waals surface area contributed by atoms with E-state index in [9.17, 15) is 13.6 Å². The molecule has 2 aromatic rings. The van der Waals surface area contributed by atoms with Crippen molar-refractivity contribution < 1.29 is 32.3 Å². The highest BCUT2D eigenvalue weighted by Crippen LogP contribution is 2.29. The molecular weight excluding hydrogens is 312 g/mol. The van der Waals surface area contributed by atoms with Gasteiger partial charge in [0.15, 0.2) is 11.5 Å². The van der Waals surface area contributed by atoms with E-state index in [1.54, 1.807) is 13.8 Å². The number of rotatable bonds is 6. The lowest BCUT2D eigenvalue weighted by molar-refractivity contribution is -0.0512. The molecule has 0 radical (unpaired) electrons. The van der Waals surface area contributed by atoms with Crippen LogP contribution in [-0.2, 0) is 11.3 Å². The number of ether oxygens (including phenoxy) is 3. The maximum atomic E-state index is 12.3. The second kappa shape index (κ2) is 7.08. The van der Waals surface area contributed by atoms with Gasteiger partial charge in [-0.15, -0.1) is 0 Å². The van der Waals surface area contributed by atoms with Gasteiger partial charge in [-0.1, -0.05) is 5.16 Å². The van der Waals surface area contributed by atoms with Crippen LogP contribution in [0.15, 0.2) is 22.7 Å². The molecule has 0 bridgehead atoms. The standard InChI is InChI=1S/C15H15F2NO5/c1-8-11(9(2)23-18-8)7-21-14(19)10-4-5-12(22-15(16)17)13(6-10)20-3/h4-6,15H,7H2,1-3H3. The van der Waals surface area contributed by atoms with Crippen molar-refractivity contribution in [1.82, 2.24) is 5.16 Å². The van der Waals surface area contributed by atoms with Crippen molar-refractivity contribution in [3.63, 3.8) is 0 Å². The molecule has 0 aliphatic rings. The summed E-state index contributed by atoms with van der Waals surface area (Å²) in [4.78, 5) is 12.0. The highest BCUT2D eigenvalue weighted by atomic mass is 19.3. The molecule has 1 heterocycles. The fourth-order valence-corrected chi connectivity index (χ4v) is 1.92. The molecule has 0 aliphatic heterocycles. The third-order valence-electron chi connectivity index (χ3n) is 3.14. The van der Waals surface area contributed by atoms with Crippen molar-refractivity contribution in [1.29, 1.82) is 0 Å². The van der Waals surface area contributed by atoms with E-state index in [0.29, 0.717) is 17.0 Å². The van der Waals surface area contributed by atoms with Crippen LogP contribution in [0, 0.1) is 13.8 Å². The molecule has 0 atom stereocenters. The van der Waals surface area contributed by atoms with Gasteiger partial charge in [0.25, 0.3) is 0 Å². The van der Waals surface area contributed by atoms with Crippen LogP contribution < -0.4 is 9.47 Å². The molecule has 23 heavy (non-hydrogen) atoms. The zero-order valence-corrected chi connectivity index (χ0v) is 12.8. The minimum atomic E-state index is -2.98. The Hall–Kier alpha value is -2.64. The average Bonchev–Trinajstić information content (AvgIpc) is 2.83. The van der Waals surface area contributed by atoms with Gasteiger partial charge in [-0.05, 0) is 32.0 Å². The maximum Gasteiger partial charge on any atom is 0.387 e. The summed E-state index contributed by atoms with van der Waals surface area (Å²) in [5, 5.41) is 3.76. The van der Waals surface area contributed by atoms with Crippen LogP contribution in [0.2, 0.25) is 0 Å². The second-order valence-corrected chi connectivity index (χ2v) is 4.62. The van der Waals surface area contributed by atoms with Crippen LogP contribution in [0.5, 0.6) is 11.5 Å². The molecule has 1 aromatic heterocycles. The summed E-state index contributed by atoms with van der Waals surface area (Å²) in [6, 6.07) is 3.81. The van der Waals surface area contributed by atoms with Crippen molar-refractivity contribution in [2.24, 2.45) is 0 Å². The third-order valence-corrected chi connectivity index (χ3v) is 3.14. The normalized spacial score (nSPS) is 10.7. The van der Waals surface area contributed by atoms with Gasteiger partial charge in [0.05, 0.1) is 23.9 Å². The van der Waals surface area contributed by atoms with Crippen molar-refractivity contribution in [3.05, 3.63) is 40.8 Å². The van der Waals surface area contributed by atoms with E-state index in [4.69, 9.17) is 14.0 Å². The molecule has 0 aliphatic carbocycles. The van der Waals surface area contributed by atoms with Gasteiger partial charge in [-0.3, -0.25) is 0 Å². The molecule has 2 rings (SSSR count). The van der Waals surface area contributed by atoms with Crippen LogP contribution in [0.25, 0.3) is 0 Å². The van der Waals surface area contributed by atoms with Gasteiger partial charge in [0.1, 0.15) is 12.4 Å². The van der Waals surface area contributed by atoms with Gasteiger partial charge in [0, 0.05) is 0 Å². The number of benzene rings is 1. The lowest BCUT2D eigenvalue weighted by Gasteiger charge is -2.11. The monoisotopic (exact) mass is 327 g/mol. The van der Waals surface area contributed by atoms with Crippen LogP contribution >= 0.6 is 0 Å². The summed E-state index contributed by atoms with van der Waals surface area (Å²) in [5.74, 6) is -0.220. The summed E-state index contributed by atoms with van der Waals surface area (Å²) < 4.78 is 43.9. The topological polar surface area (TPSA) is 70.8 Å². The quantitative estimate of drug-likeness (QED) is 0.759. The van der Waals surface area contributed by atoms with Crippen LogP contribution in [0.1, 0.15) is 27.4 Å². The highest BCUT2D eigenvalue weighted by molar-refractivity contribution is 5.90. The van der Waals surface area contributed by atoms with Crippen molar-refractivity contribution in [3.8, 4) is 11.5 Å². The van der Waals surface area contributed by atoms with Gasteiger partial charge in [-0.25, -0.2) is 4.79 Å². The summed E-state index contributed by atoms with van der Waals surface area (Å²) in [7, 11) is 1.28. The molecule has 8 heteroatoms. The van der Waals surface area contributed by atoms with E-state index in [1.165, 1.54) is 25.3 Å². The first-order chi connectivity index (χ1) is 10.9. The molecular formula is C15H15F2NO5. The Balaban J connectivity index is 2.10. The van der Waals surface area contributed by atoms with Crippen LogP contribution in [-0.4, -0.2) is 24.8 Å². The van der Waals surface area contributed by atoms with E-state index < -0.39 is 12.6 Å². The van der Waals surface area contributed by atoms with Crippen molar-refractivity contribution >= 4 is 5.97 Å². The molecule has 0 saturated heterocycles. The number of aryl methyl sites for hydroxylation is 2. The molecule has 0 saturated carbocycles. The number of hydrogen-bond acceptors (Lipinski definition) is 6. The predicted molar refractivity (Wildman–Crippen MR) is 74.7 cm³/mol. The van der Waals surface area contributed by atoms with Gasteiger partial charge >= 0.3 is 12.6 Å². The Morgan fingerprint density at radius 2 is 2.04 bits per heavy atom. The number of hydrogen-bond donors (Lipinski definition) is 0. The van der Waals surface area contributed by atoms with E-state index in [-0.39, 0.29) is 23.7 Å². The fourth-order valence-electron chi connectivity index (χ4n) is 1.92. The summed E-state index contributed by atoms with van der Waals surface area (Å²) in [5.41, 5.74) is 1.46. The Morgan fingerprint density at radius 1 is 1.30 bits per heavy atom. The number of carbonyl (C=O) groups excluding carboxylic acids is 1. The molecule has 0 fully saturated rings. The van der Waals surface area contributed by atoms with E-state index in [0.717, 1.165) is 0 Å².